The van der Waals surface area contributed by atoms with Gasteiger partial charge in [0.2, 0.25) is 0 Å². The van der Waals surface area contributed by atoms with Crippen LogP contribution in [0.15, 0.2) is 88.2 Å². The molecule has 1 saturated heterocycles. The highest BCUT2D eigenvalue weighted by molar-refractivity contribution is 9.10. The molecule has 29 heavy (non-hydrogen) atoms. The van der Waals surface area contributed by atoms with Crippen molar-refractivity contribution in [3.8, 4) is 0 Å². The molecule has 0 aliphatic carbocycles. The SMILES string of the molecule is Cc1ccc(S(=O)(=O)OC2CN(C(c3ccccc3)c3ccc(Br)cc3)C2)cc1. The first-order chi connectivity index (χ1) is 13.9. The average Bonchev–Trinajstić information content (AvgIpc) is 2.69. The zero-order valence-corrected chi connectivity index (χ0v) is 18.4. The van der Waals surface area contributed by atoms with Gasteiger partial charge < -0.3 is 0 Å². The summed E-state index contributed by atoms with van der Waals surface area (Å²) in [6, 6.07) is 25.3. The Hall–Kier alpha value is -1.99. The largest absolute Gasteiger partial charge is 0.297 e. The van der Waals surface area contributed by atoms with Gasteiger partial charge in [0.15, 0.2) is 0 Å². The maximum atomic E-state index is 12.6. The summed E-state index contributed by atoms with van der Waals surface area (Å²) in [6.45, 7) is 3.04. The molecule has 150 valence electrons. The smallest absolute Gasteiger partial charge is 0.287 e. The number of benzene rings is 3. The van der Waals surface area contributed by atoms with Crippen LogP contribution in [0.2, 0.25) is 0 Å². The molecule has 3 aromatic rings. The fourth-order valence-electron chi connectivity index (χ4n) is 3.58. The molecule has 1 fully saturated rings. The molecule has 4 nitrogen and oxygen atoms in total. The average molecular weight is 472 g/mol. The van der Waals surface area contributed by atoms with Crippen molar-refractivity contribution >= 4 is 26.0 Å². The van der Waals surface area contributed by atoms with Crippen molar-refractivity contribution in [2.75, 3.05) is 13.1 Å². The minimum atomic E-state index is -3.75. The molecule has 3 aromatic carbocycles. The lowest BCUT2D eigenvalue weighted by Crippen LogP contribution is -2.54. The van der Waals surface area contributed by atoms with Gasteiger partial charge in [0.05, 0.1) is 10.9 Å². The Morgan fingerprint density at radius 2 is 1.48 bits per heavy atom. The highest BCUT2D eigenvalue weighted by atomic mass is 79.9. The standard InChI is InChI=1S/C23H22BrNO3S/c1-17-7-13-22(14-8-17)29(26,27)28-21-15-25(16-21)23(18-5-3-2-4-6-18)19-9-11-20(24)12-10-19/h2-14,21,23H,15-16H2,1H3. The summed E-state index contributed by atoms with van der Waals surface area (Å²) >= 11 is 3.49. The number of hydrogen-bond donors (Lipinski definition) is 0. The molecule has 1 aliphatic rings. The first-order valence-corrected chi connectivity index (χ1v) is 11.7. The summed E-state index contributed by atoms with van der Waals surface area (Å²) < 4.78 is 31.6. The van der Waals surface area contributed by atoms with Crippen LogP contribution in [-0.4, -0.2) is 32.5 Å². The number of hydrogen-bond acceptors (Lipinski definition) is 4. The van der Waals surface area contributed by atoms with E-state index in [1.54, 1.807) is 24.3 Å². The van der Waals surface area contributed by atoms with Crippen molar-refractivity contribution in [3.63, 3.8) is 0 Å². The Bertz CT molecular complexity index is 1060. The van der Waals surface area contributed by atoms with Crippen LogP contribution in [0.1, 0.15) is 22.7 Å². The van der Waals surface area contributed by atoms with Crippen LogP contribution < -0.4 is 0 Å². The molecular weight excluding hydrogens is 450 g/mol. The highest BCUT2D eigenvalue weighted by Crippen LogP contribution is 2.34. The molecule has 1 aliphatic heterocycles. The minimum Gasteiger partial charge on any atom is -0.287 e. The van der Waals surface area contributed by atoms with Crippen molar-refractivity contribution in [2.45, 2.75) is 24.0 Å². The molecule has 1 atom stereocenters. The third-order valence-corrected chi connectivity index (χ3v) is 7.02. The van der Waals surface area contributed by atoms with Gasteiger partial charge in [-0.15, -0.1) is 0 Å². The quantitative estimate of drug-likeness (QED) is 0.477. The van der Waals surface area contributed by atoms with E-state index in [2.05, 4.69) is 45.1 Å². The van der Waals surface area contributed by atoms with Gasteiger partial charge in [-0.3, -0.25) is 9.08 Å². The predicted molar refractivity (Wildman–Crippen MR) is 117 cm³/mol. The van der Waals surface area contributed by atoms with E-state index in [0.717, 1.165) is 10.0 Å². The predicted octanol–water partition coefficient (Wildman–Crippen LogP) is 4.94. The molecular formula is C23H22BrNO3S. The van der Waals surface area contributed by atoms with Crippen molar-refractivity contribution in [3.05, 3.63) is 100 Å². The van der Waals surface area contributed by atoms with Crippen LogP contribution in [0, 0.1) is 6.92 Å². The Morgan fingerprint density at radius 1 is 0.897 bits per heavy atom. The third kappa shape index (κ3) is 4.61. The van der Waals surface area contributed by atoms with Crippen molar-refractivity contribution < 1.29 is 12.6 Å². The van der Waals surface area contributed by atoms with Gasteiger partial charge in [-0.1, -0.05) is 76.1 Å². The molecule has 0 amide bonds. The van der Waals surface area contributed by atoms with E-state index in [9.17, 15) is 8.42 Å². The fourth-order valence-corrected chi connectivity index (χ4v) is 4.90. The second-order valence-corrected chi connectivity index (χ2v) is 9.79. The Kier molecular flexibility index (Phi) is 5.88. The topological polar surface area (TPSA) is 46.6 Å². The molecule has 4 rings (SSSR count). The maximum Gasteiger partial charge on any atom is 0.297 e. The third-order valence-electron chi connectivity index (χ3n) is 5.11. The Balaban J connectivity index is 1.49. The zero-order valence-electron chi connectivity index (χ0n) is 16.0. The van der Waals surface area contributed by atoms with E-state index in [1.165, 1.54) is 11.1 Å². The van der Waals surface area contributed by atoms with Gasteiger partial charge in [0.25, 0.3) is 10.1 Å². The molecule has 0 N–H and O–H groups in total. The van der Waals surface area contributed by atoms with Gasteiger partial charge in [-0.05, 0) is 42.3 Å². The minimum absolute atomic E-state index is 0.0613. The van der Waals surface area contributed by atoms with Gasteiger partial charge >= 0.3 is 0 Å². The zero-order chi connectivity index (χ0) is 20.4. The monoisotopic (exact) mass is 471 g/mol. The number of halogens is 1. The molecule has 0 radical (unpaired) electrons. The Labute approximate surface area is 180 Å². The van der Waals surface area contributed by atoms with Gasteiger partial charge in [0, 0.05) is 17.6 Å². The first kappa shape index (κ1) is 20.3. The molecule has 6 heteroatoms. The van der Waals surface area contributed by atoms with Crippen LogP contribution in [0.3, 0.4) is 0 Å². The number of rotatable bonds is 6. The second-order valence-electron chi connectivity index (χ2n) is 7.30. The fraction of sp³-hybridized carbons (Fsp3) is 0.217. The summed E-state index contributed by atoms with van der Waals surface area (Å²) in [7, 11) is -3.75. The summed E-state index contributed by atoms with van der Waals surface area (Å²) in [4.78, 5) is 2.45. The van der Waals surface area contributed by atoms with Crippen LogP contribution in [0.4, 0.5) is 0 Å². The van der Waals surface area contributed by atoms with Gasteiger partial charge in [-0.25, -0.2) is 0 Å². The molecule has 1 unspecified atom stereocenters. The lowest BCUT2D eigenvalue weighted by molar-refractivity contribution is 0.00419. The molecule has 0 saturated carbocycles. The lowest BCUT2D eigenvalue weighted by Gasteiger charge is -2.43. The number of likely N-dealkylation sites (tertiary alicyclic amines) is 1. The van der Waals surface area contributed by atoms with Crippen LogP contribution in [0.5, 0.6) is 0 Å². The summed E-state index contributed by atoms with van der Waals surface area (Å²) in [6.07, 6.45) is -0.344. The number of nitrogens with zero attached hydrogens (tertiary/aromatic N) is 1. The number of aryl methyl sites for hydroxylation is 1. The van der Waals surface area contributed by atoms with Gasteiger partial charge in [-0.2, -0.15) is 8.42 Å². The van der Waals surface area contributed by atoms with E-state index in [0.29, 0.717) is 13.1 Å². The first-order valence-electron chi connectivity index (χ1n) is 9.47. The van der Waals surface area contributed by atoms with Crippen LogP contribution in [0.25, 0.3) is 0 Å². The molecule has 0 aromatic heterocycles. The van der Waals surface area contributed by atoms with E-state index in [-0.39, 0.29) is 17.0 Å². The molecule has 0 bridgehead atoms. The lowest BCUT2D eigenvalue weighted by atomic mass is 9.94. The van der Waals surface area contributed by atoms with E-state index in [4.69, 9.17) is 4.18 Å². The maximum absolute atomic E-state index is 12.6. The van der Waals surface area contributed by atoms with Crippen molar-refractivity contribution in [2.24, 2.45) is 0 Å². The highest BCUT2D eigenvalue weighted by Gasteiger charge is 2.37. The summed E-state index contributed by atoms with van der Waals surface area (Å²) in [5.74, 6) is 0. The summed E-state index contributed by atoms with van der Waals surface area (Å²) in [5, 5.41) is 0. The van der Waals surface area contributed by atoms with Crippen LogP contribution >= 0.6 is 15.9 Å². The van der Waals surface area contributed by atoms with Gasteiger partial charge in [0.1, 0.15) is 6.10 Å². The van der Waals surface area contributed by atoms with E-state index < -0.39 is 10.1 Å². The van der Waals surface area contributed by atoms with Crippen LogP contribution in [-0.2, 0) is 14.3 Å². The van der Waals surface area contributed by atoms with Crippen molar-refractivity contribution in [1.82, 2.24) is 4.90 Å². The Morgan fingerprint density at radius 3 is 2.10 bits per heavy atom. The van der Waals surface area contributed by atoms with E-state index >= 15 is 0 Å². The van der Waals surface area contributed by atoms with E-state index in [1.807, 2.05) is 37.3 Å². The van der Waals surface area contributed by atoms with Crippen molar-refractivity contribution in [1.29, 1.82) is 0 Å². The molecule has 0 spiro atoms. The normalized spacial score (nSPS) is 16.3. The summed E-state index contributed by atoms with van der Waals surface area (Å²) in [5.41, 5.74) is 3.35. The molecule has 1 heterocycles. The second kappa shape index (κ2) is 8.40.